The third kappa shape index (κ3) is 4.71. The minimum atomic E-state index is -0.711. The number of anilines is 1. The van der Waals surface area contributed by atoms with Gasteiger partial charge in [-0.15, -0.1) is 10.2 Å². The summed E-state index contributed by atoms with van der Waals surface area (Å²) in [7, 11) is 0. The molecular weight excluding hydrogens is 372 g/mol. The van der Waals surface area contributed by atoms with Crippen LogP contribution >= 0.6 is 11.8 Å². The second kappa shape index (κ2) is 7.87. The van der Waals surface area contributed by atoms with Crippen LogP contribution in [0.5, 0.6) is 0 Å². The minimum Gasteiger partial charge on any atom is -0.411 e. The molecule has 140 valence electrons. The molecule has 1 aromatic heterocycles. The van der Waals surface area contributed by atoms with Crippen molar-refractivity contribution >= 4 is 23.4 Å². The molecule has 1 heterocycles. The Bertz CT molecular complexity index is 971. The molecular formula is C19H17F2N3O2S. The van der Waals surface area contributed by atoms with E-state index in [4.69, 9.17) is 4.42 Å². The van der Waals surface area contributed by atoms with Gasteiger partial charge in [0.1, 0.15) is 11.6 Å². The summed E-state index contributed by atoms with van der Waals surface area (Å²) in [6.45, 7) is 5.55. The van der Waals surface area contributed by atoms with E-state index in [1.807, 2.05) is 32.0 Å². The molecule has 1 N–H and O–H groups in total. The van der Waals surface area contributed by atoms with E-state index in [1.54, 1.807) is 6.92 Å². The number of halogens is 2. The van der Waals surface area contributed by atoms with Gasteiger partial charge in [0.15, 0.2) is 0 Å². The highest BCUT2D eigenvalue weighted by molar-refractivity contribution is 8.00. The lowest BCUT2D eigenvalue weighted by molar-refractivity contribution is -0.115. The molecule has 0 saturated heterocycles. The average molecular weight is 389 g/mol. The highest BCUT2D eigenvalue weighted by Crippen LogP contribution is 2.28. The van der Waals surface area contributed by atoms with Crippen LogP contribution in [0.2, 0.25) is 0 Å². The second-order valence-electron chi connectivity index (χ2n) is 6.12. The summed E-state index contributed by atoms with van der Waals surface area (Å²) >= 11 is 1.04. The Morgan fingerprint density at radius 3 is 2.52 bits per heavy atom. The first-order valence-electron chi connectivity index (χ1n) is 8.16. The van der Waals surface area contributed by atoms with Gasteiger partial charge in [0.25, 0.3) is 5.22 Å². The topological polar surface area (TPSA) is 68.0 Å². The van der Waals surface area contributed by atoms with Crippen molar-refractivity contribution in [2.75, 3.05) is 5.32 Å². The van der Waals surface area contributed by atoms with E-state index >= 15 is 0 Å². The van der Waals surface area contributed by atoms with Crippen molar-refractivity contribution in [3.05, 3.63) is 59.2 Å². The van der Waals surface area contributed by atoms with Gasteiger partial charge in [0.05, 0.1) is 10.9 Å². The number of carbonyl (C=O) groups excluding carboxylic acids is 1. The van der Waals surface area contributed by atoms with Gasteiger partial charge in [-0.1, -0.05) is 29.0 Å². The molecule has 0 bridgehead atoms. The third-order valence-electron chi connectivity index (χ3n) is 3.71. The summed E-state index contributed by atoms with van der Waals surface area (Å²) in [4.78, 5) is 12.2. The molecule has 1 atom stereocenters. The monoisotopic (exact) mass is 389 g/mol. The first kappa shape index (κ1) is 19.0. The number of rotatable bonds is 5. The first-order valence-corrected chi connectivity index (χ1v) is 9.04. The van der Waals surface area contributed by atoms with Gasteiger partial charge in [-0.3, -0.25) is 4.79 Å². The molecule has 0 aliphatic rings. The number of nitrogens with zero attached hydrogens (tertiary/aromatic N) is 2. The van der Waals surface area contributed by atoms with E-state index in [1.165, 1.54) is 0 Å². The summed E-state index contributed by atoms with van der Waals surface area (Å²) in [5, 5.41) is 9.88. The Balaban J connectivity index is 1.69. The fourth-order valence-electron chi connectivity index (χ4n) is 2.50. The predicted octanol–water partition coefficient (Wildman–Crippen LogP) is 4.75. The summed E-state index contributed by atoms with van der Waals surface area (Å²) in [6, 6.07) is 8.76. The van der Waals surface area contributed by atoms with Crippen LogP contribution in [0.4, 0.5) is 14.5 Å². The van der Waals surface area contributed by atoms with Crippen molar-refractivity contribution < 1.29 is 18.0 Å². The number of amides is 1. The number of hydrogen-bond donors (Lipinski definition) is 1. The number of thioether (sulfide) groups is 1. The number of carbonyl (C=O) groups is 1. The van der Waals surface area contributed by atoms with Crippen molar-refractivity contribution in [1.82, 2.24) is 10.2 Å². The van der Waals surface area contributed by atoms with Crippen LogP contribution in [-0.2, 0) is 4.79 Å². The zero-order valence-corrected chi connectivity index (χ0v) is 15.7. The van der Waals surface area contributed by atoms with E-state index < -0.39 is 22.8 Å². The SMILES string of the molecule is Cc1cc(C)cc(-c2nnc(S[C@@H](C)C(=O)Nc3cc(F)ccc3F)o2)c1. The highest BCUT2D eigenvalue weighted by Gasteiger charge is 2.20. The fourth-order valence-corrected chi connectivity index (χ4v) is 3.19. The number of nitrogens with one attached hydrogen (secondary N) is 1. The molecule has 1 amide bonds. The molecule has 0 fully saturated rings. The molecule has 2 aromatic carbocycles. The Morgan fingerprint density at radius 2 is 1.81 bits per heavy atom. The summed E-state index contributed by atoms with van der Waals surface area (Å²) in [5.41, 5.74) is 2.73. The van der Waals surface area contributed by atoms with E-state index in [9.17, 15) is 13.6 Å². The molecule has 8 heteroatoms. The lowest BCUT2D eigenvalue weighted by Crippen LogP contribution is -2.23. The summed E-state index contributed by atoms with van der Waals surface area (Å²) in [5.74, 6) is -1.50. The zero-order chi connectivity index (χ0) is 19.6. The van der Waals surface area contributed by atoms with Crippen molar-refractivity contribution in [2.24, 2.45) is 0 Å². The van der Waals surface area contributed by atoms with Crippen LogP contribution in [0, 0.1) is 25.5 Å². The molecule has 0 unspecified atom stereocenters. The van der Waals surface area contributed by atoms with Crippen LogP contribution in [0.25, 0.3) is 11.5 Å². The first-order chi connectivity index (χ1) is 12.8. The van der Waals surface area contributed by atoms with E-state index in [-0.39, 0.29) is 10.9 Å². The Kier molecular flexibility index (Phi) is 5.55. The quantitative estimate of drug-likeness (QED) is 0.638. The minimum absolute atomic E-state index is 0.214. The van der Waals surface area contributed by atoms with Crippen molar-refractivity contribution in [3.63, 3.8) is 0 Å². The van der Waals surface area contributed by atoms with Crippen LogP contribution in [0.3, 0.4) is 0 Å². The lowest BCUT2D eigenvalue weighted by Gasteiger charge is -2.10. The van der Waals surface area contributed by atoms with Crippen molar-refractivity contribution in [1.29, 1.82) is 0 Å². The molecule has 5 nitrogen and oxygen atoms in total. The van der Waals surface area contributed by atoms with Gasteiger partial charge < -0.3 is 9.73 Å². The largest absolute Gasteiger partial charge is 0.411 e. The van der Waals surface area contributed by atoms with Gasteiger partial charge in [-0.05, 0) is 45.0 Å². The standard InChI is InChI=1S/C19H17F2N3O2S/c1-10-6-11(2)8-13(7-10)18-23-24-19(26-18)27-12(3)17(25)22-16-9-14(20)4-5-15(16)21/h4-9,12H,1-3H3,(H,22,25)/t12-/m0/s1. The summed E-state index contributed by atoms with van der Waals surface area (Å²) < 4.78 is 32.5. The Hall–Kier alpha value is -2.74. The molecule has 3 aromatic rings. The van der Waals surface area contributed by atoms with Crippen molar-refractivity contribution in [3.8, 4) is 11.5 Å². The van der Waals surface area contributed by atoms with E-state index in [0.717, 1.165) is 46.7 Å². The van der Waals surface area contributed by atoms with E-state index in [2.05, 4.69) is 15.5 Å². The Labute approximate surface area is 159 Å². The zero-order valence-electron chi connectivity index (χ0n) is 14.9. The number of benzene rings is 2. The maximum atomic E-state index is 13.6. The Morgan fingerprint density at radius 1 is 1.11 bits per heavy atom. The maximum Gasteiger partial charge on any atom is 0.277 e. The smallest absolute Gasteiger partial charge is 0.277 e. The molecule has 0 aliphatic carbocycles. The van der Waals surface area contributed by atoms with E-state index in [0.29, 0.717) is 5.89 Å². The number of hydrogen-bond acceptors (Lipinski definition) is 5. The maximum absolute atomic E-state index is 13.6. The fraction of sp³-hybridized carbons (Fsp3) is 0.211. The molecule has 27 heavy (non-hydrogen) atoms. The van der Waals surface area contributed by atoms with Crippen LogP contribution in [0.15, 0.2) is 46.0 Å². The molecule has 0 saturated carbocycles. The van der Waals surface area contributed by atoms with Crippen LogP contribution < -0.4 is 5.32 Å². The normalized spacial score (nSPS) is 12.0. The molecule has 0 spiro atoms. The number of aromatic nitrogens is 2. The van der Waals surface area contributed by atoms with Gasteiger partial charge in [-0.2, -0.15) is 0 Å². The van der Waals surface area contributed by atoms with Gasteiger partial charge in [-0.25, -0.2) is 8.78 Å². The second-order valence-corrected chi connectivity index (χ2v) is 7.42. The van der Waals surface area contributed by atoms with Gasteiger partial charge in [0.2, 0.25) is 11.8 Å². The average Bonchev–Trinajstić information content (AvgIpc) is 3.05. The third-order valence-corrected chi connectivity index (χ3v) is 4.64. The van der Waals surface area contributed by atoms with Crippen LogP contribution in [-0.4, -0.2) is 21.4 Å². The number of aryl methyl sites for hydroxylation is 2. The molecule has 0 radical (unpaired) electrons. The lowest BCUT2D eigenvalue weighted by atomic mass is 10.1. The predicted molar refractivity (Wildman–Crippen MR) is 99.5 cm³/mol. The van der Waals surface area contributed by atoms with Gasteiger partial charge in [0, 0.05) is 11.6 Å². The summed E-state index contributed by atoms with van der Waals surface area (Å²) in [6.07, 6.45) is 0. The van der Waals surface area contributed by atoms with Crippen LogP contribution in [0.1, 0.15) is 18.1 Å². The molecule has 3 rings (SSSR count). The molecule has 0 aliphatic heterocycles. The van der Waals surface area contributed by atoms with Crippen molar-refractivity contribution in [2.45, 2.75) is 31.2 Å². The van der Waals surface area contributed by atoms with Gasteiger partial charge >= 0.3 is 0 Å². The highest BCUT2D eigenvalue weighted by atomic mass is 32.2.